The fourth-order valence-corrected chi connectivity index (χ4v) is 4.54. The summed E-state index contributed by atoms with van der Waals surface area (Å²) in [6.07, 6.45) is 5.46. The molecular formula is C18H16N4O4S. The molecule has 1 aliphatic carbocycles. The van der Waals surface area contributed by atoms with Crippen LogP contribution in [0.5, 0.6) is 0 Å². The molecule has 1 aliphatic rings. The van der Waals surface area contributed by atoms with Crippen molar-refractivity contribution in [3.05, 3.63) is 61.5 Å². The van der Waals surface area contributed by atoms with E-state index in [4.69, 9.17) is 0 Å². The van der Waals surface area contributed by atoms with Gasteiger partial charge in [0, 0.05) is 22.7 Å². The van der Waals surface area contributed by atoms with Crippen molar-refractivity contribution in [3.8, 4) is 0 Å². The topological polar surface area (TPSA) is 107 Å². The minimum atomic E-state index is -0.506. The number of nitro benzene ring substituents is 1. The van der Waals surface area contributed by atoms with Crippen LogP contribution in [-0.2, 0) is 24.2 Å². The lowest BCUT2D eigenvalue weighted by molar-refractivity contribution is -0.384. The molecule has 1 aromatic carbocycles. The van der Waals surface area contributed by atoms with Gasteiger partial charge in [0.1, 0.15) is 11.4 Å². The fraction of sp³-hybridized carbons (Fsp3) is 0.278. The second-order valence-electron chi connectivity index (χ2n) is 6.42. The zero-order chi connectivity index (χ0) is 19.0. The Morgan fingerprint density at radius 2 is 2.00 bits per heavy atom. The van der Waals surface area contributed by atoms with Gasteiger partial charge < -0.3 is 5.32 Å². The van der Waals surface area contributed by atoms with Crippen LogP contribution in [0.25, 0.3) is 10.2 Å². The van der Waals surface area contributed by atoms with Gasteiger partial charge in [0.25, 0.3) is 11.2 Å². The molecule has 2 heterocycles. The normalized spacial score (nSPS) is 13.3. The van der Waals surface area contributed by atoms with E-state index in [0.717, 1.165) is 36.1 Å². The van der Waals surface area contributed by atoms with E-state index < -0.39 is 10.8 Å². The highest BCUT2D eigenvalue weighted by Crippen LogP contribution is 2.33. The van der Waals surface area contributed by atoms with Gasteiger partial charge in [-0.1, -0.05) is 0 Å². The highest BCUT2D eigenvalue weighted by Gasteiger charge is 2.20. The Bertz CT molecular complexity index is 1100. The van der Waals surface area contributed by atoms with Gasteiger partial charge in [0.2, 0.25) is 5.91 Å². The SMILES string of the molecule is O=C(Cn1cnc2sc3c(c2c1=O)CCCC3)Nc1ccc([N+](=O)[O-])cc1. The molecule has 1 amide bonds. The number of nitro groups is 1. The van der Waals surface area contributed by atoms with Crippen LogP contribution in [-0.4, -0.2) is 20.4 Å². The molecule has 4 rings (SSSR count). The Labute approximate surface area is 157 Å². The summed E-state index contributed by atoms with van der Waals surface area (Å²) in [6.45, 7) is -0.163. The summed E-state index contributed by atoms with van der Waals surface area (Å²) < 4.78 is 1.31. The number of amides is 1. The summed E-state index contributed by atoms with van der Waals surface area (Å²) in [5.74, 6) is -0.392. The van der Waals surface area contributed by atoms with Crippen LogP contribution < -0.4 is 10.9 Å². The van der Waals surface area contributed by atoms with E-state index in [1.807, 2.05) is 0 Å². The maximum absolute atomic E-state index is 12.8. The Morgan fingerprint density at radius 1 is 1.26 bits per heavy atom. The molecule has 8 nitrogen and oxygen atoms in total. The summed E-state index contributed by atoms with van der Waals surface area (Å²) >= 11 is 1.57. The van der Waals surface area contributed by atoms with Crippen molar-refractivity contribution in [1.29, 1.82) is 0 Å². The van der Waals surface area contributed by atoms with Gasteiger partial charge in [-0.2, -0.15) is 0 Å². The maximum atomic E-state index is 12.8. The third kappa shape index (κ3) is 3.33. The van der Waals surface area contributed by atoms with Crippen molar-refractivity contribution in [2.75, 3.05) is 5.32 Å². The molecule has 0 spiro atoms. The molecule has 0 aliphatic heterocycles. The van der Waals surface area contributed by atoms with Gasteiger partial charge in [-0.05, 0) is 43.4 Å². The van der Waals surface area contributed by atoms with E-state index in [1.54, 1.807) is 11.3 Å². The first-order valence-electron chi connectivity index (χ1n) is 8.57. The number of thiophene rings is 1. The fourth-order valence-electron chi connectivity index (χ4n) is 3.32. The number of anilines is 1. The molecule has 0 fully saturated rings. The number of hydrogen-bond acceptors (Lipinski definition) is 6. The summed E-state index contributed by atoms with van der Waals surface area (Å²) in [5.41, 5.74) is 1.27. The van der Waals surface area contributed by atoms with Crippen LogP contribution in [0.4, 0.5) is 11.4 Å². The Balaban J connectivity index is 1.56. The van der Waals surface area contributed by atoms with Crippen LogP contribution in [0.1, 0.15) is 23.3 Å². The van der Waals surface area contributed by atoms with Gasteiger partial charge in [-0.15, -0.1) is 11.3 Å². The number of nitrogens with one attached hydrogen (secondary N) is 1. The summed E-state index contributed by atoms with van der Waals surface area (Å²) in [6, 6.07) is 5.53. The second kappa shape index (κ2) is 6.92. The highest BCUT2D eigenvalue weighted by atomic mass is 32.1. The van der Waals surface area contributed by atoms with Crippen LogP contribution in [0.3, 0.4) is 0 Å². The Hall–Kier alpha value is -3.07. The largest absolute Gasteiger partial charge is 0.325 e. The zero-order valence-electron chi connectivity index (χ0n) is 14.3. The van der Waals surface area contributed by atoms with E-state index in [0.29, 0.717) is 11.1 Å². The van der Waals surface area contributed by atoms with E-state index >= 15 is 0 Å². The molecule has 0 saturated heterocycles. The molecule has 9 heteroatoms. The van der Waals surface area contributed by atoms with Gasteiger partial charge in [-0.3, -0.25) is 24.3 Å². The summed E-state index contributed by atoms with van der Waals surface area (Å²) in [7, 11) is 0. The average Bonchev–Trinajstić information content (AvgIpc) is 3.04. The standard InChI is InChI=1S/C18H16N4O4S/c23-15(20-11-5-7-12(8-6-11)22(25)26)9-21-10-19-17-16(18(21)24)13-3-1-2-4-14(13)27-17/h5-8,10H,1-4,9H2,(H,20,23). The lowest BCUT2D eigenvalue weighted by atomic mass is 9.97. The first kappa shape index (κ1) is 17.3. The van der Waals surface area contributed by atoms with Crippen LogP contribution in [0.2, 0.25) is 0 Å². The van der Waals surface area contributed by atoms with Gasteiger partial charge in [-0.25, -0.2) is 4.98 Å². The molecule has 27 heavy (non-hydrogen) atoms. The van der Waals surface area contributed by atoms with E-state index in [-0.39, 0.29) is 17.8 Å². The summed E-state index contributed by atoms with van der Waals surface area (Å²) in [4.78, 5) is 41.6. The van der Waals surface area contributed by atoms with Crippen molar-refractivity contribution in [2.45, 2.75) is 32.2 Å². The van der Waals surface area contributed by atoms with Crippen molar-refractivity contribution >= 4 is 38.8 Å². The molecule has 0 unspecified atom stereocenters. The number of hydrogen-bond donors (Lipinski definition) is 1. The van der Waals surface area contributed by atoms with Gasteiger partial charge >= 0.3 is 0 Å². The molecular weight excluding hydrogens is 368 g/mol. The first-order valence-corrected chi connectivity index (χ1v) is 9.38. The van der Waals surface area contributed by atoms with Crippen molar-refractivity contribution < 1.29 is 9.72 Å². The number of aryl methyl sites for hydroxylation is 2. The van der Waals surface area contributed by atoms with Gasteiger partial charge in [0.15, 0.2) is 0 Å². The molecule has 3 aromatic rings. The van der Waals surface area contributed by atoms with E-state index in [2.05, 4.69) is 10.3 Å². The molecule has 0 radical (unpaired) electrons. The molecule has 0 saturated carbocycles. The van der Waals surface area contributed by atoms with E-state index in [9.17, 15) is 19.7 Å². The number of fused-ring (bicyclic) bond motifs is 3. The third-order valence-electron chi connectivity index (χ3n) is 4.62. The molecule has 0 bridgehead atoms. The quantitative estimate of drug-likeness (QED) is 0.550. The molecule has 0 atom stereocenters. The molecule has 2 aromatic heterocycles. The van der Waals surface area contributed by atoms with Crippen molar-refractivity contribution in [3.63, 3.8) is 0 Å². The minimum Gasteiger partial charge on any atom is -0.325 e. The van der Waals surface area contributed by atoms with Crippen LogP contribution >= 0.6 is 11.3 Å². The number of nitrogens with zero attached hydrogens (tertiary/aromatic N) is 3. The summed E-state index contributed by atoms with van der Waals surface area (Å²) in [5, 5.41) is 14.0. The highest BCUT2D eigenvalue weighted by molar-refractivity contribution is 7.18. The number of rotatable bonds is 4. The molecule has 138 valence electrons. The van der Waals surface area contributed by atoms with Crippen molar-refractivity contribution in [2.24, 2.45) is 0 Å². The lowest BCUT2D eigenvalue weighted by Gasteiger charge is -2.10. The first-order chi connectivity index (χ1) is 13.0. The maximum Gasteiger partial charge on any atom is 0.269 e. The number of carbonyl (C=O) groups excluding carboxylic acids is 1. The third-order valence-corrected chi connectivity index (χ3v) is 5.82. The average molecular weight is 384 g/mol. The second-order valence-corrected chi connectivity index (χ2v) is 7.50. The van der Waals surface area contributed by atoms with Crippen LogP contribution in [0.15, 0.2) is 35.4 Å². The monoisotopic (exact) mass is 384 g/mol. The zero-order valence-corrected chi connectivity index (χ0v) is 15.1. The predicted molar refractivity (Wildman–Crippen MR) is 102 cm³/mol. The van der Waals surface area contributed by atoms with Crippen molar-refractivity contribution in [1.82, 2.24) is 9.55 Å². The number of non-ortho nitro benzene ring substituents is 1. The predicted octanol–water partition coefficient (Wildman–Crippen LogP) is 2.88. The molecule has 1 N–H and O–H groups in total. The smallest absolute Gasteiger partial charge is 0.269 e. The Kier molecular flexibility index (Phi) is 4.44. The Morgan fingerprint density at radius 3 is 2.74 bits per heavy atom. The van der Waals surface area contributed by atoms with E-state index in [1.165, 1.54) is 40.0 Å². The lowest BCUT2D eigenvalue weighted by Crippen LogP contribution is -2.28. The number of aromatic nitrogens is 2. The number of carbonyl (C=O) groups is 1. The number of benzene rings is 1. The van der Waals surface area contributed by atoms with Crippen LogP contribution in [0, 0.1) is 10.1 Å². The van der Waals surface area contributed by atoms with Gasteiger partial charge in [0.05, 0.1) is 16.6 Å². The minimum absolute atomic E-state index is 0.0545.